The van der Waals surface area contributed by atoms with E-state index in [0.29, 0.717) is 18.8 Å². The molecule has 0 bridgehead atoms. The van der Waals surface area contributed by atoms with E-state index in [0.717, 1.165) is 17.8 Å². The number of thiazole rings is 1. The molecule has 0 radical (unpaired) electrons. The molecule has 3 rings (SSSR count). The maximum atomic E-state index is 12.5. The van der Waals surface area contributed by atoms with Gasteiger partial charge in [-0.3, -0.25) is 4.79 Å². The van der Waals surface area contributed by atoms with Gasteiger partial charge in [-0.05, 0) is 19.8 Å². The summed E-state index contributed by atoms with van der Waals surface area (Å²) < 4.78 is 5.79. The average molecular weight is 266 g/mol. The molecule has 1 saturated heterocycles. The van der Waals surface area contributed by atoms with Crippen LogP contribution in [0.3, 0.4) is 0 Å². The quantitative estimate of drug-likeness (QED) is 0.783. The molecule has 1 aliphatic heterocycles. The van der Waals surface area contributed by atoms with Crippen molar-refractivity contribution in [1.82, 2.24) is 9.88 Å². The Morgan fingerprint density at radius 2 is 2.33 bits per heavy atom. The second kappa shape index (κ2) is 4.97. The lowest BCUT2D eigenvalue weighted by atomic mass is 9.90. The van der Waals surface area contributed by atoms with Crippen LogP contribution in [0.2, 0.25) is 0 Å². The molecule has 1 amide bonds. The minimum atomic E-state index is 0.0829. The summed E-state index contributed by atoms with van der Waals surface area (Å²) in [6.45, 7) is 3.30. The summed E-state index contributed by atoms with van der Waals surface area (Å²) in [6.07, 6.45) is 4.82. The van der Waals surface area contributed by atoms with Crippen molar-refractivity contribution >= 4 is 17.2 Å². The van der Waals surface area contributed by atoms with E-state index in [-0.39, 0.29) is 18.1 Å². The van der Waals surface area contributed by atoms with Crippen LogP contribution in [0, 0.1) is 6.92 Å². The van der Waals surface area contributed by atoms with E-state index in [4.69, 9.17) is 4.74 Å². The van der Waals surface area contributed by atoms with Crippen molar-refractivity contribution in [3.8, 4) is 0 Å². The maximum Gasteiger partial charge on any atom is 0.273 e. The third kappa shape index (κ3) is 2.17. The number of ether oxygens (including phenoxy) is 1. The molecule has 2 aliphatic rings. The lowest BCUT2D eigenvalue weighted by Gasteiger charge is -2.43. The Hall–Kier alpha value is -0.940. The average Bonchev–Trinajstić information content (AvgIpc) is 2.84. The Bertz CT molecular complexity index is 444. The monoisotopic (exact) mass is 266 g/mol. The Kier molecular flexibility index (Phi) is 3.35. The summed E-state index contributed by atoms with van der Waals surface area (Å²) in [5.74, 6) is 0.0829. The molecule has 0 spiro atoms. The number of carbonyl (C=O) groups excluding carboxylic acids is 1. The predicted octanol–water partition coefficient (Wildman–Crippen LogP) is 2.24. The molecule has 2 unspecified atom stereocenters. The van der Waals surface area contributed by atoms with Gasteiger partial charge in [0.2, 0.25) is 0 Å². The van der Waals surface area contributed by atoms with E-state index < -0.39 is 0 Å². The molecule has 2 atom stereocenters. The SMILES string of the molecule is Cc1nc(C(=O)N2CCOC3CCCCC32)cs1. The summed E-state index contributed by atoms with van der Waals surface area (Å²) in [7, 11) is 0. The summed E-state index contributed by atoms with van der Waals surface area (Å²) in [6, 6.07) is 0.266. The molecule has 18 heavy (non-hydrogen) atoms. The number of morpholine rings is 1. The Labute approximate surface area is 111 Å². The molecule has 4 nitrogen and oxygen atoms in total. The van der Waals surface area contributed by atoms with Crippen molar-refractivity contribution in [2.24, 2.45) is 0 Å². The number of hydrogen-bond acceptors (Lipinski definition) is 4. The summed E-state index contributed by atoms with van der Waals surface area (Å²) in [5.41, 5.74) is 0.601. The fraction of sp³-hybridized carbons (Fsp3) is 0.692. The molecule has 5 heteroatoms. The Balaban J connectivity index is 1.79. The molecule has 2 fully saturated rings. The lowest BCUT2D eigenvalue weighted by molar-refractivity contribution is -0.0754. The molecule has 0 N–H and O–H groups in total. The van der Waals surface area contributed by atoms with E-state index in [2.05, 4.69) is 4.98 Å². The third-order valence-electron chi connectivity index (χ3n) is 3.83. The number of aryl methyl sites for hydroxylation is 1. The smallest absolute Gasteiger partial charge is 0.273 e. The largest absolute Gasteiger partial charge is 0.374 e. The van der Waals surface area contributed by atoms with Crippen molar-refractivity contribution in [2.45, 2.75) is 44.8 Å². The van der Waals surface area contributed by atoms with Gasteiger partial charge in [0.25, 0.3) is 5.91 Å². The van der Waals surface area contributed by atoms with Crippen molar-refractivity contribution in [3.63, 3.8) is 0 Å². The van der Waals surface area contributed by atoms with Crippen LogP contribution in [0.1, 0.15) is 41.2 Å². The van der Waals surface area contributed by atoms with Gasteiger partial charge in [0.05, 0.1) is 23.8 Å². The molecular weight excluding hydrogens is 248 g/mol. The number of aromatic nitrogens is 1. The normalized spacial score (nSPS) is 27.9. The first-order valence-corrected chi connectivity index (χ1v) is 7.48. The number of hydrogen-bond donors (Lipinski definition) is 0. The zero-order valence-corrected chi connectivity index (χ0v) is 11.4. The first kappa shape index (κ1) is 12.1. The van der Waals surface area contributed by atoms with Gasteiger partial charge < -0.3 is 9.64 Å². The van der Waals surface area contributed by atoms with Crippen molar-refractivity contribution in [1.29, 1.82) is 0 Å². The van der Waals surface area contributed by atoms with E-state index in [1.165, 1.54) is 24.2 Å². The zero-order valence-electron chi connectivity index (χ0n) is 10.6. The molecule has 2 heterocycles. The number of carbonyl (C=O) groups is 1. The standard InChI is InChI=1S/C13H18N2O2S/c1-9-14-10(8-18-9)13(16)15-6-7-17-12-5-3-2-4-11(12)15/h8,11-12H,2-7H2,1H3. The molecule has 0 aromatic carbocycles. The third-order valence-corrected chi connectivity index (χ3v) is 4.60. The van der Waals surface area contributed by atoms with Gasteiger partial charge in [0, 0.05) is 11.9 Å². The summed E-state index contributed by atoms with van der Waals surface area (Å²) in [4.78, 5) is 18.8. The first-order chi connectivity index (χ1) is 8.75. The number of rotatable bonds is 1. The van der Waals surface area contributed by atoms with Crippen LogP contribution < -0.4 is 0 Å². The molecular formula is C13H18N2O2S. The van der Waals surface area contributed by atoms with Crippen LogP contribution in [-0.2, 0) is 4.74 Å². The van der Waals surface area contributed by atoms with Gasteiger partial charge in [-0.2, -0.15) is 0 Å². The highest BCUT2D eigenvalue weighted by molar-refractivity contribution is 7.09. The van der Waals surface area contributed by atoms with Crippen LogP contribution in [0.5, 0.6) is 0 Å². The van der Waals surface area contributed by atoms with Crippen LogP contribution >= 0.6 is 11.3 Å². The number of nitrogens with zero attached hydrogens (tertiary/aromatic N) is 2. The van der Waals surface area contributed by atoms with Gasteiger partial charge in [-0.25, -0.2) is 4.98 Å². The van der Waals surface area contributed by atoms with Crippen molar-refractivity contribution in [2.75, 3.05) is 13.2 Å². The maximum absolute atomic E-state index is 12.5. The molecule has 1 aromatic heterocycles. The van der Waals surface area contributed by atoms with E-state index in [1.54, 1.807) is 0 Å². The van der Waals surface area contributed by atoms with Crippen LogP contribution in [0.25, 0.3) is 0 Å². The van der Waals surface area contributed by atoms with Gasteiger partial charge >= 0.3 is 0 Å². The highest BCUT2D eigenvalue weighted by Crippen LogP contribution is 2.29. The van der Waals surface area contributed by atoms with Crippen LogP contribution in [0.4, 0.5) is 0 Å². The van der Waals surface area contributed by atoms with Crippen molar-refractivity contribution in [3.05, 3.63) is 16.1 Å². The second-order valence-electron chi connectivity index (χ2n) is 5.01. The molecule has 98 valence electrons. The first-order valence-electron chi connectivity index (χ1n) is 6.60. The minimum Gasteiger partial charge on any atom is -0.374 e. The molecule has 1 aromatic rings. The highest BCUT2D eigenvalue weighted by Gasteiger charge is 2.37. The van der Waals surface area contributed by atoms with Gasteiger partial charge in [-0.15, -0.1) is 11.3 Å². The predicted molar refractivity (Wildman–Crippen MR) is 69.9 cm³/mol. The minimum absolute atomic E-state index is 0.0829. The lowest BCUT2D eigenvalue weighted by Crippen LogP contribution is -2.54. The Morgan fingerprint density at radius 3 is 3.11 bits per heavy atom. The van der Waals surface area contributed by atoms with Gasteiger partial charge in [0.1, 0.15) is 5.69 Å². The fourth-order valence-corrected chi connectivity index (χ4v) is 3.54. The highest BCUT2D eigenvalue weighted by atomic mass is 32.1. The van der Waals surface area contributed by atoms with Gasteiger partial charge in [-0.1, -0.05) is 12.8 Å². The van der Waals surface area contributed by atoms with E-state index in [9.17, 15) is 4.79 Å². The summed E-state index contributed by atoms with van der Waals surface area (Å²) in [5, 5.41) is 2.82. The van der Waals surface area contributed by atoms with Crippen LogP contribution in [0.15, 0.2) is 5.38 Å². The zero-order chi connectivity index (χ0) is 12.5. The number of fused-ring (bicyclic) bond motifs is 1. The number of amides is 1. The van der Waals surface area contributed by atoms with Gasteiger partial charge in [0.15, 0.2) is 0 Å². The second-order valence-corrected chi connectivity index (χ2v) is 6.07. The van der Waals surface area contributed by atoms with Crippen LogP contribution in [-0.4, -0.2) is 41.1 Å². The topological polar surface area (TPSA) is 42.4 Å². The molecule has 1 aliphatic carbocycles. The summed E-state index contributed by atoms with van der Waals surface area (Å²) >= 11 is 1.54. The molecule has 1 saturated carbocycles. The van der Waals surface area contributed by atoms with E-state index >= 15 is 0 Å². The Morgan fingerprint density at radius 1 is 1.50 bits per heavy atom. The fourth-order valence-electron chi connectivity index (χ4n) is 2.96. The van der Waals surface area contributed by atoms with Crippen molar-refractivity contribution < 1.29 is 9.53 Å². The van der Waals surface area contributed by atoms with E-state index in [1.807, 2.05) is 17.2 Å².